The van der Waals surface area contributed by atoms with E-state index in [9.17, 15) is 0 Å². The fraction of sp³-hybridized carbons (Fsp3) is 0.600. The van der Waals surface area contributed by atoms with Gasteiger partial charge in [0.05, 0.1) is 7.11 Å². The molecule has 1 aliphatic heterocycles. The Bertz CT molecular complexity index is 384. The zero-order valence-corrected chi connectivity index (χ0v) is 11.5. The number of ether oxygens (including phenoxy) is 2. The Balaban J connectivity index is 2.10. The van der Waals surface area contributed by atoms with E-state index in [-0.39, 0.29) is 0 Å². The first-order valence-corrected chi connectivity index (χ1v) is 6.73. The van der Waals surface area contributed by atoms with Gasteiger partial charge in [-0.1, -0.05) is 13.8 Å². The summed E-state index contributed by atoms with van der Waals surface area (Å²) in [6.07, 6.45) is 2.17. The fourth-order valence-corrected chi connectivity index (χ4v) is 2.35. The van der Waals surface area contributed by atoms with E-state index in [0.29, 0.717) is 12.0 Å². The highest BCUT2D eigenvalue weighted by molar-refractivity contribution is 5.52. The highest BCUT2D eigenvalue weighted by Gasteiger charge is 2.14. The van der Waals surface area contributed by atoms with Crippen molar-refractivity contribution in [3.8, 4) is 5.75 Å². The van der Waals surface area contributed by atoms with Crippen molar-refractivity contribution < 1.29 is 9.47 Å². The molecule has 0 atom stereocenters. The quantitative estimate of drug-likeness (QED) is 0.887. The number of rotatable bonds is 4. The number of nitrogens with one attached hydrogen (secondary N) is 1. The van der Waals surface area contributed by atoms with Crippen LogP contribution in [0.25, 0.3) is 0 Å². The van der Waals surface area contributed by atoms with Crippen LogP contribution in [-0.2, 0) is 4.74 Å². The van der Waals surface area contributed by atoms with Crippen LogP contribution in [0.3, 0.4) is 0 Å². The van der Waals surface area contributed by atoms with Crippen molar-refractivity contribution in [3.63, 3.8) is 0 Å². The maximum atomic E-state index is 5.40. The predicted molar refractivity (Wildman–Crippen MR) is 74.5 cm³/mol. The van der Waals surface area contributed by atoms with Crippen molar-refractivity contribution in [1.29, 1.82) is 0 Å². The second kappa shape index (κ2) is 6.10. The third-order valence-electron chi connectivity index (χ3n) is 3.44. The van der Waals surface area contributed by atoms with Gasteiger partial charge in [-0.15, -0.1) is 0 Å². The molecule has 18 heavy (non-hydrogen) atoms. The smallest absolute Gasteiger partial charge is 0.122 e. The maximum Gasteiger partial charge on any atom is 0.122 e. The van der Waals surface area contributed by atoms with E-state index in [0.717, 1.165) is 31.8 Å². The van der Waals surface area contributed by atoms with Gasteiger partial charge >= 0.3 is 0 Å². The monoisotopic (exact) mass is 249 g/mol. The lowest BCUT2D eigenvalue weighted by molar-refractivity contribution is 0.0904. The van der Waals surface area contributed by atoms with Gasteiger partial charge in [0.15, 0.2) is 0 Å². The summed E-state index contributed by atoms with van der Waals surface area (Å²) in [5.74, 6) is 1.44. The molecule has 0 spiro atoms. The van der Waals surface area contributed by atoms with Crippen molar-refractivity contribution in [1.82, 2.24) is 0 Å². The number of methoxy groups -OCH3 is 1. The summed E-state index contributed by atoms with van der Waals surface area (Å²) in [7, 11) is 1.73. The molecular formula is C15H23NO2. The molecule has 0 amide bonds. The largest absolute Gasteiger partial charge is 0.496 e. The zero-order chi connectivity index (χ0) is 13.0. The summed E-state index contributed by atoms with van der Waals surface area (Å²) in [5, 5.41) is 3.59. The van der Waals surface area contributed by atoms with Crippen LogP contribution in [0.5, 0.6) is 5.75 Å². The average molecular weight is 249 g/mol. The van der Waals surface area contributed by atoms with Crippen LogP contribution in [0.15, 0.2) is 18.2 Å². The van der Waals surface area contributed by atoms with Crippen molar-refractivity contribution in [2.45, 2.75) is 38.6 Å². The van der Waals surface area contributed by atoms with Crippen LogP contribution in [0, 0.1) is 0 Å². The van der Waals surface area contributed by atoms with Gasteiger partial charge < -0.3 is 14.8 Å². The molecule has 0 unspecified atom stereocenters. The Labute approximate surface area is 109 Å². The van der Waals surface area contributed by atoms with E-state index in [2.05, 4.69) is 37.4 Å². The van der Waals surface area contributed by atoms with E-state index in [4.69, 9.17) is 9.47 Å². The topological polar surface area (TPSA) is 30.5 Å². The summed E-state index contributed by atoms with van der Waals surface area (Å²) in [4.78, 5) is 0. The molecule has 0 bridgehead atoms. The fourth-order valence-electron chi connectivity index (χ4n) is 2.35. The second-order valence-electron chi connectivity index (χ2n) is 5.14. The van der Waals surface area contributed by atoms with E-state index in [1.165, 1.54) is 11.3 Å². The first kappa shape index (κ1) is 13.2. The molecule has 0 aliphatic carbocycles. The van der Waals surface area contributed by atoms with Crippen molar-refractivity contribution in [2.24, 2.45) is 0 Å². The van der Waals surface area contributed by atoms with Gasteiger partial charge in [-0.2, -0.15) is 0 Å². The molecule has 0 radical (unpaired) electrons. The van der Waals surface area contributed by atoms with E-state index >= 15 is 0 Å². The minimum atomic E-state index is 0.469. The molecule has 1 saturated heterocycles. The molecular weight excluding hydrogens is 226 g/mol. The molecule has 1 fully saturated rings. The van der Waals surface area contributed by atoms with Gasteiger partial charge in [0.2, 0.25) is 0 Å². The number of hydrogen-bond acceptors (Lipinski definition) is 3. The van der Waals surface area contributed by atoms with Gasteiger partial charge in [0.1, 0.15) is 5.75 Å². The predicted octanol–water partition coefficient (Wildman–Crippen LogP) is 3.41. The molecule has 100 valence electrons. The Morgan fingerprint density at radius 3 is 2.61 bits per heavy atom. The molecule has 1 N–H and O–H groups in total. The summed E-state index contributed by atoms with van der Waals surface area (Å²) in [6.45, 7) is 6.11. The molecule has 0 saturated carbocycles. The Morgan fingerprint density at radius 1 is 1.28 bits per heavy atom. The molecule has 3 heteroatoms. The van der Waals surface area contributed by atoms with Gasteiger partial charge in [-0.3, -0.25) is 0 Å². The third-order valence-corrected chi connectivity index (χ3v) is 3.44. The van der Waals surface area contributed by atoms with Crippen LogP contribution < -0.4 is 10.1 Å². The van der Waals surface area contributed by atoms with Crippen molar-refractivity contribution >= 4 is 5.69 Å². The van der Waals surface area contributed by atoms with Crippen molar-refractivity contribution in [2.75, 3.05) is 25.6 Å². The molecule has 3 nitrogen and oxygen atoms in total. The van der Waals surface area contributed by atoms with Crippen LogP contribution in [0.4, 0.5) is 5.69 Å². The zero-order valence-electron chi connectivity index (χ0n) is 11.5. The number of benzene rings is 1. The van der Waals surface area contributed by atoms with Crippen LogP contribution in [-0.4, -0.2) is 26.4 Å². The lowest BCUT2D eigenvalue weighted by Gasteiger charge is -2.25. The van der Waals surface area contributed by atoms with E-state index < -0.39 is 0 Å². The Kier molecular flexibility index (Phi) is 4.48. The molecule has 1 heterocycles. The normalized spacial score (nSPS) is 16.9. The summed E-state index contributed by atoms with van der Waals surface area (Å²) in [5.41, 5.74) is 2.45. The lowest BCUT2D eigenvalue weighted by atomic mass is 10.0. The van der Waals surface area contributed by atoms with Gasteiger partial charge in [-0.05, 0) is 42.5 Å². The number of hydrogen-bond donors (Lipinski definition) is 1. The van der Waals surface area contributed by atoms with Gasteiger partial charge in [0, 0.05) is 24.9 Å². The van der Waals surface area contributed by atoms with Gasteiger partial charge in [0.25, 0.3) is 0 Å². The maximum absolute atomic E-state index is 5.40. The highest BCUT2D eigenvalue weighted by atomic mass is 16.5. The van der Waals surface area contributed by atoms with Crippen molar-refractivity contribution in [3.05, 3.63) is 23.8 Å². The van der Waals surface area contributed by atoms with E-state index in [1.54, 1.807) is 7.11 Å². The molecule has 1 aliphatic rings. The minimum absolute atomic E-state index is 0.469. The first-order chi connectivity index (χ1) is 8.70. The standard InChI is InChI=1S/C15H23NO2/c1-11(2)14-10-13(4-5-15(14)17-3)16-12-6-8-18-9-7-12/h4-5,10-12,16H,6-9H2,1-3H3. The highest BCUT2D eigenvalue weighted by Crippen LogP contribution is 2.29. The average Bonchev–Trinajstić information content (AvgIpc) is 2.40. The Morgan fingerprint density at radius 2 is 2.00 bits per heavy atom. The van der Waals surface area contributed by atoms with Crippen LogP contribution in [0.2, 0.25) is 0 Å². The molecule has 0 aromatic heterocycles. The van der Waals surface area contributed by atoms with E-state index in [1.807, 2.05) is 0 Å². The first-order valence-electron chi connectivity index (χ1n) is 6.73. The van der Waals surface area contributed by atoms with Crippen LogP contribution >= 0.6 is 0 Å². The van der Waals surface area contributed by atoms with Gasteiger partial charge in [-0.25, -0.2) is 0 Å². The number of anilines is 1. The summed E-state index contributed by atoms with van der Waals surface area (Å²) < 4.78 is 10.8. The molecule has 2 rings (SSSR count). The SMILES string of the molecule is COc1ccc(NC2CCOCC2)cc1C(C)C. The molecule has 1 aromatic rings. The summed E-state index contributed by atoms with van der Waals surface area (Å²) in [6, 6.07) is 6.89. The second-order valence-corrected chi connectivity index (χ2v) is 5.14. The third kappa shape index (κ3) is 3.16. The minimum Gasteiger partial charge on any atom is -0.496 e. The lowest BCUT2D eigenvalue weighted by Crippen LogP contribution is -2.27. The molecule has 1 aromatic carbocycles. The summed E-state index contributed by atoms with van der Waals surface area (Å²) >= 11 is 0. The van der Waals surface area contributed by atoms with Crippen LogP contribution in [0.1, 0.15) is 38.2 Å². The Hall–Kier alpha value is -1.22.